The van der Waals surface area contributed by atoms with E-state index in [9.17, 15) is 18.0 Å². The fourth-order valence-electron chi connectivity index (χ4n) is 2.58. The molecule has 0 saturated heterocycles. The van der Waals surface area contributed by atoms with E-state index in [0.29, 0.717) is 16.9 Å². The van der Waals surface area contributed by atoms with Gasteiger partial charge in [-0.3, -0.25) is 4.79 Å². The average Bonchev–Trinajstić information content (AvgIpc) is 2.80. The molecule has 0 spiro atoms. The molecule has 1 heterocycles. The van der Waals surface area contributed by atoms with Gasteiger partial charge in [0.2, 0.25) is 0 Å². The van der Waals surface area contributed by atoms with Gasteiger partial charge in [0.15, 0.2) is 0 Å². The van der Waals surface area contributed by atoms with E-state index in [1.165, 1.54) is 19.0 Å². The Hall–Kier alpha value is -1.05. The van der Waals surface area contributed by atoms with Crippen LogP contribution in [0.2, 0.25) is 0 Å². The molecule has 4 nitrogen and oxygen atoms in total. The lowest BCUT2D eigenvalue weighted by atomic mass is 9.89. The Morgan fingerprint density at radius 3 is 2.62 bits per heavy atom. The van der Waals surface area contributed by atoms with Crippen LogP contribution in [0, 0.1) is 5.41 Å². The summed E-state index contributed by atoms with van der Waals surface area (Å²) in [5.41, 5.74) is -0.180. The Kier molecular flexibility index (Phi) is 4.65. The second kappa shape index (κ2) is 5.98. The Balaban J connectivity index is 2.11. The summed E-state index contributed by atoms with van der Waals surface area (Å²) < 4.78 is 37.5. The molecule has 1 N–H and O–H groups in total. The van der Waals surface area contributed by atoms with Gasteiger partial charge >= 0.3 is 6.18 Å². The van der Waals surface area contributed by atoms with Crippen LogP contribution in [0.1, 0.15) is 32.6 Å². The van der Waals surface area contributed by atoms with Gasteiger partial charge in [0.05, 0.1) is 11.9 Å². The maximum Gasteiger partial charge on any atom is 0.408 e. The normalized spacial score (nSPS) is 18.0. The standard InChI is InChI=1S/C13H17BrF3N3O/c1-12(4-2-3-5-12)7-18-9-6-19-20(8-13(15,16)17)11(21)10(9)14/h6,18H,2-5,7-8H2,1H3. The van der Waals surface area contributed by atoms with E-state index < -0.39 is 18.3 Å². The van der Waals surface area contributed by atoms with E-state index in [4.69, 9.17) is 0 Å². The molecule has 1 aliphatic carbocycles. The van der Waals surface area contributed by atoms with Crippen molar-refractivity contribution in [2.45, 2.75) is 45.3 Å². The van der Waals surface area contributed by atoms with Crippen LogP contribution in [0.25, 0.3) is 0 Å². The van der Waals surface area contributed by atoms with E-state index in [2.05, 4.69) is 33.3 Å². The highest BCUT2D eigenvalue weighted by molar-refractivity contribution is 9.10. The maximum atomic E-state index is 12.3. The molecular weight excluding hydrogens is 351 g/mol. The second-order valence-electron chi connectivity index (χ2n) is 5.82. The molecule has 0 aromatic carbocycles. The Morgan fingerprint density at radius 1 is 1.43 bits per heavy atom. The maximum absolute atomic E-state index is 12.3. The summed E-state index contributed by atoms with van der Waals surface area (Å²) in [7, 11) is 0. The van der Waals surface area contributed by atoms with Crippen LogP contribution < -0.4 is 10.9 Å². The van der Waals surface area contributed by atoms with Gasteiger partial charge in [0.1, 0.15) is 11.0 Å². The highest BCUT2D eigenvalue weighted by Gasteiger charge is 2.30. The summed E-state index contributed by atoms with van der Waals surface area (Å²) in [5.74, 6) is 0. The Morgan fingerprint density at radius 2 is 2.05 bits per heavy atom. The van der Waals surface area contributed by atoms with E-state index in [1.807, 2.05) is 0 Å². The number of halogens is 4. The van der Waals surface area contributed by atoms with Gasteiger partial charge in [0.25, 0.3) is 5.56 Å². The summed E-state index contributed by atoms with van der Waals surface area (Å²) >= 11 is 3.06. The number of nitrogens with zero attached hydrogens (tertiary/aromatic N) is 2. The molecule has 1 fully saturated rings. The van der Waals surface area contributed by atoms with Gasteiger partial charge in [-0.25, -0.2) is 4.68 Å². The van der Waals surface area contributed by atoms with Crippen molar-refractivity contribution in [1.29, 1.82) is 0 Å². The van der Waals surface area contributed by atoms with Crippen LogP contribution >= 0.6 is 15.9 Å². The number of hydrogen-bond acceptors (Lipinski definition) is 3. The van der Waals surface area contributed by atoms with Crippen LogP contribution in [0.3, 0.4) is 0 Å². The first-order valence-electron chi connectivity index (χ1n) is 6.76. The molecule has 1 aliphatic rings. The number of rotatable bonds is 4. The van der Waals surface area contributed by atoms with Gasteiger partial charge in [-0.1, -0.05) is 19.8 Å². The molecule has 0 radical (unpaired) electrons. The summed E-state index contributed by atoms with van der Waals surface area (Å²) in [6.07, 6.45) is 1.38. The summed E-state index contributed by atoms with van der Waals surface area (Å²) in [4.78, 5) is 11.9. The molecule has 2 rings (SSSR count). The van der Waals surface area contributed by atoms with Crippen LogP contribution in [-0.2, 0) is 6.54 Å². The van der Waals surface area contributed by atoms with Crippen LogP contribution in [0.4, 0.5) is 18.9 Å². The van der Waals surface area contributed by atoms with Crippen molar-refractivity contribution < 1.29 is 13.2 Å². The van der Waals surface area contributed by atoms with Gasteiger partial charge in [-0.2, -0.15) is 18.3 Å². The van der Waals surface area contributed by atoms with Crippen LogP contribution in [0.15, 0.2) is 15.5 Å². The van der Waals surface area contributed by atoms with Crippen molar-refractivity contribution >= 4 is 21.6 Å². The first kappa shape index (κ1) is 16.3. The molecule has 0 amide bonds. The number of anilines is 1. The lowest BCUT2D eigenvalue weighted by molar-refractivity contribution is -0.143. The topological polar surface area (TPSA) is 46.9 Å². The highest BCUT2D eigenvalue weighted by Crippen LogP contribution is 2.37. The number of alkyl halides is 3. The van der Waals surface area contributed by atoms with Gasteiger partial charge in [-0.15, -0.1) is 0 Å². The zero-order valence-corrected chi connectivity index (χ0v) is 13.2. The SMILES string of the molecule is CC1(CNc2cnn(CC(F)(F)F)c(=O)c2Br)CCCC1. The minimum absolute atomic E-state index is 0.0864. The Bertz CT molecular complexity index is 565. The molecule has 8 heteroatoms. The first-order chi connectivity index (χ1) is 9.70. The predicted octanol–water partition coefficient (Wildman–Crippen LogP) is 3.56. The fraction of sp³-hybridized carbons (Fsp3) is 0.692. The molecule has 1 aromatic heterocycles. The number of nitrogens with one attached hydrogen (secondary N) is 1. The fourth-order valence-corrected chi connectivity index (χ4v) is 3.03. The molecule has 0 aliphatic heterocycles. The summed E-state index contributed by atoms with van der Waals surface area (Å²) in [6, 6.07) is 0. The van der Waals surface area contributed by atoms with Crippen molar-refractivity contribution in [2.24, 2.45) is 5.41 Å². The molecule has 0 bridgehead atoms. The third-order valence-corrected chi connectivity index (χ3v) is 4.60. The van der Waals surface area contributed by atoms with E-state index in [0.717, 1.165) is 12.8 Å². The lowest BCUT2D eigenvalue weighted by Gasteiger charge is -2.24. The molecule has 118 valence electrons. The van der Waals surface area contributed by atoms with Crippen molar-refractivity contribution in [1.82, 2.24) is 9.78 Å². The Labute approximate surface area is 128 Å². The largest absolute Gasteiger partial charge is 0.408 e. The average molecular weight is 368 g/mol. The van der Waals surface area contributed by atoms with E-state index >= 15 is 0 Å². The van der Waals surface area contributed by atoms with Gasteiger partial charge < -0.3 is 5.32 Å². The molecule has 0 unspecified atom stereocenters. The predicted molar refractivity (Wildman–Crippen MR) is 77.3 cm³/mol. The molecular formula is C13H17BrF3N3O. The third kappa shape index (κ3) is 4.21. The lowest BCUT2D eigenvalue weighted by Crippen LogP contribution is -2.31. The minimum Gasteiger partial charge on any atom is -0.382 e. The zero-order chi connectivity index (χ0) is 15.7. The van der Waals surface area contributed by atoms with Crippen LogP contribution in [-0.4, -0.2) is 22.5 Å². The number of aromatic nitrogens is 2. The van der Waals surface area contributed by atoms with Gasteiger partial charge in [-0.05, 0) is 34.2 Å². The third-order valence-electron chi connectivity index (χ3n) is 3.83. The van der Waals surface area contributed by atoms with Crippen LogP contribution in [0.5, 0.6) is 0 Å². The molecule has 1 saturated carbocycles. The molecule has 21 heavy (non-hydrogen) atoms. The zero-order valence-electron chi connectivity index (χ0n) is 11.6. The monoisotopic (exact) mass is 367 g/mol. The number of hydrogen-bond donors (Lipinski definition) is 1. The van der Waals surface area contributed by atoms with E-state index in [1.54, 1.807) is 0 Å². The van der Waals surface area contributed by atoms with Crippen molar-refractivity contribution in [3.63, 3.8) is 0 Å². The molecule has 1 aromatic rings. The highest BCUT2D eigenvalue weighted by atomic mass is 79.9. The molecule has 0 atom stereocenters. The van der Waals surface area contributed by atoms with Gasteiger partial charge in [0, 0.05) is 6.54 Å². The summed E-state index contributed by atoms with van der Waals surface area (Å²) in [6.45, 7) is 1.46. The quantitative estimate of drug-likeness (QED) is 0.884. The van der Waals surface area contributed by atoms with Crippen molar-refractivity contribution in [3.8, 4) is 0 Å². The first-order valence-corrected chi connectivity index (χ1v) is 7.56. The second-order valence-corrected chi connectivity index (χ2v) is 6.61. The van der Waals surface area contributed by atoms with E-state index in [-0.39, 0.29) is 9.89 Å². The van der Waals surface area contributed by atoms with Crippen molar-refractivity contribution in [3.05, 3.63) is 21.0 Å². The van der Waals surface area contributed by atoms with Crippen molar-refractivity contribution in [2.75, 3.05) is 11.9 Å². The summed E-state index contributed by atoms with van der Waals surface area (Å²) in [5, 5.41) is 6.71. The smallest absolute Gasteiger partial charge is 0.382 e. The minimum atomic E-state index is -4.47.